The third-order valence-electron chi connectivity index (χ3n) is 12.4. The highest BCUT2D eigenvalue weighted by Crippen LogP contribution is 2.49. The molecule has 8 atom stereocenters. The van der Waals surface area contributed by atoms with E-state index in [-0.39, 0.29) is 47.9 Å². The topological polar surface area (TPSA) is 89.6 Å². The molecule has 10 nitrogen and oxygen atoms in total. The van der Waals surface area contributed by atoms with E-state index in [0.717, 1.165) is 122 Å². The lowest BCUT2D eigenvalue weighted by molar-refractivity contribution is -0.200. The number of hydrogen-bond donors (Lipinski definition) is 2. The van der Waals surface area contributed by atoms with Crippen LogP contribution >= 0.6 is 0 Å². The third kappa shape index (κ3) is 7.16. The van der Waals surface area contributed by atoms with Gasteiger partial charge in [0.1, 0.15) is 0 Å². The first-order chi connectivity index (χ1) is 22.0. The number of hydrogen-bond acceptors (Lipinski definition) is 9. The van der Waals surface area contributed by atoms with Crippen molar-refractivity contribution in [2.75, 3.05) is 85.7 Å². The van der Waals surface area contributed by atoms with Crippen molar-refractivity contribution in [3.05, 3.63) is 11.8 Å². The van der Waals surface area contributed by atoms with Crippen molar-refractivity contribution in [2.45, 2.75) is 94.5 Å². The van der Waals surface area contributed by atoms with E-state index < -0.39 is 0 Å². The predicted octanol–water partition coefficient (Wildman–Crippen LogP) is 1.70. The van der Waals surface area contributed by atoms with Gasteiger partial charge in [0.05, 0.1) is 43.1 Å². The number of morpholine rings is 2. The van der Waals surface area contributed by atoms with Gasteiger partial charge in [-0.3, -0.25) is 14.5 Å². The van der Waals surface area contributed by atoms with Gasteiger partial charge in [-0.1, -0.05) is 25.7 Å². The molecule has 2 N–H and O–H groups in total. The van der Waals surface area contributed by atoms with Crippen molar-refractivity contribution in [3.63, 3.8) is 0 Å². The molecule has 4 heterocycles. The van der Waals surface area contributed by atoms with Crippen LogP contribution in [0.3, 0.4) is 0 Å². The molecule has 252 valence electrons. The third-order valence-corrected chi connectivity index (χ3v) is 12.4. The van der Waals surface area contributed by atoms with E-state index in [9.17, 15) is 9.59 Å². The van der Waals surface area contributed by atoms with Crippen molar-refractivity contribution in [3.8, 4) is 0 Å². The monoisotopic (exact) mass is 626 g/mol. The minimum absolute atomic E-state index is 0.00731. The van der Waals surface area contributed by atoms with E-state index in [1.54, 1.807) is 0 Å². The molecule has 7 rings (SSSR count). The second-order valence-electron chi connectivity index (χ2n) is 15.1. The average Bonchev–Trinajstić information content (AvgIpc) is 3.07. The van der Waals surface area contributed by atoms with Crippen LogP contribution in [-0.2, 0) is 19.1 Å². The fourth-order valence-electron chi connectivity index (χ4n) is 9.77. The van der Waals surface area contributed by atoms with E-state index in [1.807, 2.05) is 6.20 Å². The van der Waals surface area contributed by atoms with Crippen LogP contribution in [0.25, 0.3) is 0 Å². The van der Waals surface area contributed by atoms with Crippen molar-refractivity contribution >= 4 is 11.7 Å². The van der Waals surface area contributed by atoms with Crippen LogP contribution in [0.5, 0.6) is 0 Å². The van der Waals surface area contributed by atoms with E-state index in [2.05, 4.69) is 37.3 Å². The Morgan fingerprint density at radius 2 is 1.60 bits per heavy atom. The molecule has 0 spiro atoms. The van der Waals surface area contributed by atoms with Crippen LogP contribution in [0.15, 0.2) is 11.8 Å². The summed E-state index contributed by atoms with van der Waals surface area (Å²) < 4.78 is 12.6. The Labute approximate surface area is 270 Å². The molecule has 4 aliphatic heterocycles. The Hall–Kier alpha value is -1.56. The number of ether oxygens (including phenoxy) is 2. The molecule has 10 heteroatoms. The van der Waals surface area contributed by atoms with Crippen LogP contribution in [0.4, 0.5) is 0 Å². The highest BCUT2D eigenvalue weighted by molar-refractivity contribution is 6.20. The summed E-state index contributed by atoms with van der Waals surface area (Å²) in [6, 6.07) is 0.546. The molecule has 6 fully saturated rings. The van der Waals surface area contributed by atoms with Gasteiger partial charge in [0.2, 0.25) is 0 Å². The Balaban J connectivity index is 1.02. The summed E-state index contributed by atoms with van der Waals surface area (Å²) in [6.07, 6.45) is 13.5. The van der Waals surface area contributed by atoms with Gasteiger partial charge in [0.15, 0.2) is 5.78 Å². The molecule has 3 aliphatic carbocycles. The lowest BCUT2D eigenvalue weighted by Gasteiger charge is -2.60. The number of Topliss-reactive ketones (excluding diaryl/α,β-unsaturated/α-hetero) is 1. The van der Waals surface area contributed by atoms with Gasteiger partial charge in [-0.15, -0.1) is 0 Å². The summed E-state index contributed by atoms with van der Waals surface area (Å²) in [4.78, 5) is 37.4. The lowest BCUT2D eigenvalue weighted by atomic mass is 9.65. The smallest absolute Gasteiger partial charge is 0.256 e. The van der Waals surface area contributed by atoms with Gasteiger partial charge in [-0.25, -0.2) is 0 Å². The van der Waals surface area contributed by atoms with E-state index in [4.69, 9.17) is 9.47 Å². The second kappa shape index (κ2) is 14.7. The maximum Gasteiger partial charge on any atom is 0.256 e. The number of nitrogens with one attached hydrogen (secondary N) is 2. The number of likely N-dealkylation sites (N-methyl/N-ethyl adjacent to an activating group) is 1. The molecule has 0 aromatic carbocycles. The van der Waals surface area contributed by atoms with Crippen LogP contribution in [-0.4, -0.2) is 147 Å². The first kappa shape index (κ1) is 32.0. The van der Waals surface area contributed by atoms with E-state index >= 15 is 0 Å². The minimum Gasteiger partial charge on any atom is -0.379 e. The quantitative estimate of drug-likeness (QED) is 0.278. The fraction of sp³-hybridized carbons (Fsp3) is 0.886. The first-order valence-corrected chi connectivity index (χ1v) is 18.5. The minimum atomic E-state index is -0.185. The maximum absolute atomic E-state index is 14.0. The molecule has 0 radical (unpaired) electrons. The first-order valence-electron chi connectivity index (χ1n) is 18.5. The van der Waals surface area contributed by atoms with Gasteiger partial charge in [-0.05, 0) is 77.0 Å². The van der Waals surface area contributed by atoms with E-state index in [0.29, 0.717) is 12.1 Å². The molecular weight excluding hydrogens is 568 g/mol. The van der Waals surface area contributed by atoms with Crippen molar-refractivity contribution in [2.24, 2.45) is 17.8 Å². The molecule has 0 bridgehead atoms. The van der Waals surface area contributed by atoms with Crippen molar-refractivity contribution in [1.29, 1.82) is 0 Å². The summed E-state index contributed by atoms with van der Waals surface area (Å²) >= 11 is 0. The Bertz CT molecular complexity index is 1060. The predicted molar refractivity (Wildman–Crippen MR) is 174 cm³/mol. The maximum atomic E-state index is 14.0. The van der Waals surface area contributed by atoms with Crippen molar-refractivity contribution < 1.29 is 19.1 Å². The number of ketones is 1. The van der Waals surface area contributed by atoms with Gasteiger partial charge >= 0.3 is 0 Å². The number of fused-ring (bicyclic) bond motifs is 3. The van der Waals surface area contributed by atoms with E-state index in [1.165, 1.54) is 25.7 Å². The molecule has 7 aliphatic rings. The second-order valence-corrected chi connectivity index (χ2v) is 15.1. The fourth-order valence-corrected chi connectivity index (χ4v) is 9.77. The molecule has 1 amide bonds. The van der Waals surface area contributed by atoms with Gasteiger partial charge < -0.3 is 34.8 Å². The highest BCUT2D eigenvalue weighted by atomic mass is 16.5. The number of carbonyl (C=O) groups is 2. The zero-order valence-electron chi connectivity index (χ0n) is 27.7. The standard InChI is InChI=1S/C35H58N6O4/c1-38-14-16-39(17-15-38)12-4-10-36-29-9-8-27-32-34(29)45-31-23-26-7-3-2-6-25(26)22-30(31)41(32)24-28(33(27)42)35(43)37-11-5-13-40-18-20-44-21-19-40/h24-27,29-32,34,36H,2-23H2,1H3,(H,37,43). The summed E-state index contributed by atoms with van der Waals surface area (Å²) in [5.41, 5.74) is 0.381. The average molecular weight is 627 g/mol. The summed E-state index contributed by atoms with van der Waals surface area (Å²) in [6.45, 7) is 11.8. The normalized spacial score (nSPS) is 37.8. The summed E-state index contributed by atoms with van der Waals surface area (Å²) in [7, 11) is 2.21. The largest absolute Gasteiger partial charge is 0.379 e. The molecular formula is C35H58N6O4. The van der Waals surface area contributed by atoms with Crippen LogP contribution in [0.2, 0.25) is 0 Å². The van der Waals surface area contributed by atoms with Crippen molar-refractivity contribution in [1.82, 2.24) is 30.2 Å². The molecule has 3 saturated heterocycles. The van der Waals surface area contributed by atoms with Crippen LogP contribution < -0.4 is 10.6 Å². The Kier molecular flexibility index (Phi) is 10.4. The number of nitrogens with zero attached hydrogens (tertiary/aromatic N) is 4. The molecule has 0 aromatic rings. The number of piperazine rings is 1. The lowest BCUT2D eigenvalue weighted by Crippen LogP contribution is -2.71. The zero-order chi connectivity index (χ0) is 30.8. The Morgan fingerprint density at radius 3 is 2.38 bits per heavy atom. The molecule has 0 aromatic heterocycles. The summed E-state index contributed by atoms with van der Waals surface area (Å²) in [5.74, 6) is 1.19. The highest BCUT2D eigenvalue weighted by Gasteiger charge is 2.57. The van der Waals surface area contributed by atoms with Gasteiger partial charge in [-0.2, -0.15) is 0 Å². The van der Waals surface area contributed by atoms with Crippen LogP contribution in [0, 0.1) is 17.8 Å². The zero-order valence-corrected chi connectivity index (χ0v) is 27.7. The number of rotatable bonds is 10. The van der Waals surface area contributed by atoms with Crippen LogP contribution in [0.1, 0.15) is 64.2 Å². The SMILES string of the molecule is CN1CCN(CCCNC2CCC3C(=O)C(C(=O)NCCCN4CCOCC4)=CN4C5CC6CCCCC6CC5OC2C34)CC1. The molecule has 45 heavy (non-hydrogen) atoms. The molecule has 8 unspecified atom stereocenters. The van der Waals surface area contributed by atoms with Gasteiger partial charge in [0, 0.05) is 64.0 Å². The molecule has 3 saturated carbocycles. The number of amides is 1. The Morgan fingerprint density at radius 1 is 0.889 bits per heavy atom. The summed E-state index contributed by atoms with van der Waals surface area (Å²) in [5, 5.41) is 7.03. The van der Waals surface area contributed by atoms with Gasteiger partial charge in [0.25, 0.3) is 5.91 Å². The number of carbonyl (C=O) groups excluding carboxylic acids is 2.